The molecule has 1 saturated carbocycles. The maximum Gasteiger partial charge on any atom is 0.164 e. The Morgan fingerprint density at radius 2 is 1.95 bits per heavy atom. The summed E-state index contributed by atoms with van der Waals surface area (Å²) in [6.45, 7) is 4.65. The van der Waals surface area contributed by atoms with Crippen molar-refractivity contribution in [2.45, 2.75) is 58.6 Å². The number of nitrogens with zero attached hydrogens (tertiary/aromatic N) is 6. The average molecular weight is 590 g/mol. The fraction of sp³-hybridized carbons (Fsp3) is 0.452. The third kappa shape index (κ3) is 5.55. The lowest BCUT2D eigenvalue weighted by atomic mass is 10.0. The number of anilines is 3. The van der Waals surface area contributed by atoms with Gasteiger partial charge in [0.15, 0.2) is 5.65 Å². The number of imidazole rings is 1. The van der Waals surface area contributed by atoms with Gasteiger partial charge in [0.25, 0.3) is 0 Å². The Morgan fingerprint density at radius 3 is 2.60 bits per heavy atom. The van der Waals surface area contributed by atoms with E-state index in [1.807, 2.05) is 51.4 Å². The third-order valence-corrected chi connectivity index (χ3v) is 9.57. The van der Waals surface area contributed by atoms with Gasteiger partial charge in [0, 0.05) is 60.8 Å². The molecule has 42 heavy (non-hydrogen) atoms. The van der Waals surface area contributed by atoms with E-state index in [4.69, 9.17) is 14.7 Å². The molecule has 222 valence electrons. The number of hydrogen-bond donors (Lipinski definition) is 1. The molecule has 2 unspecified atom stereocenters. The second-order valence-electron chi connectivity index (χ2n) is 11.7. The van der Waals surface area contributed by atoms with E-state index >= 15 is 0 Å². The van der Waals surface area contributed by atoms with Crippen molar-refractivity contribution in [1.29, 1.82) is 0 Å². The van der Waals surface area contributed by atoms with Crippen molar-refractivity contribution >= 4 is 49.6 Å². The van der Waals surface area contributed by atoms with E-state index in [0.29, 0.717) is 23.5 Å². The Hall–Kier alpha value is -3.70. The molecule has 1 aliphatic heterocycles. The monoisotopic (exact) mass is 589 g/mol. The summed E-state index contributed by atoms with van der Waals surface area (Å²) in [4.78, 5) is 22.8. The normalized spacial score (nSPS) is 18.6. The van der Waals surface area contributed by atoms with E-state index in [1.54, 1.807) is 22.3 Å². The molecular formula is C31H39N7O3S. The highest BCUT2D eigenvalue weighted by Crippen LogP contribution is 2.38. The Morgan fingerprint density at radius 1 is 1.17 bits per heavy atom. The molecular weight excluding hydrogens is 550 g/mol. The van der Waals surface area contributed by atoms with Crippen LogP contribution in [-0.2, 0) is 32.7 Å². The minimum absolute atomic E-state index is 0.141. The van der Waals surface area contributed by atoms with Crippen molar-refractivity contribution in [3.8, 4) is 11.1 Å². The number of carbonyl (C=O) groups excluding carboxylic acids is 1. The number of carbonyl (C=O) groups is 1. The first-order chi connectivity index (χ1) is 20.0. The van der Waals surface area contributed by atoms with Crippen LogP contribution >= 0.6 is 0 Å². The van der Waals surface area contributed by atoms with E-state index in [0.717, 1.165) is 71.8 Å². The van der Waals surface area contributed by atoms with Crippen molar-refractivity contribution in [2.75, 3.05) is 29.5 Å². The fourth-order valence-corrected chi connectivity index (χ4v) is 6.28. The topological polar surface area (TPSA) is 107 Å². The fourth-order valence-electron chi connectivity index (χ4n) is 5.71. The van der Waals surface area contributed by atoms with Crippen LogP contribution in [0, 0.1) is 19.8 Å². The van der Waals surface area contributed by atoms with Crippen LogP contribution in [0.3, 0.4) is 0 Å². The van der Waals surface area contributed by atoms with Gasteiger partial charge in [-0.3, -0.25) is 14.0 Å². The lowest BCUT2D eigenvalue weighted by molar-refractivity contribution is -0.119. The quantitative estimate of drug-likeness (QED) is 0.270. The van der Waals surface area contributed by atoms with Gasteiger partial charge in [0.2, 0.25) is 0 Å². The van der Waals surface area contributed by atoms with Crippen molar-refractivity contribution in [3.63, 3.8) is 0 Å². The molecule has 1 aliphatic carbocycles. The highest BCUT2D eigenvalue weighted by Gasteiger charge is 2.30. The number of Topliss-reactive ketones (excluding diaryl/α,β-unsaturated/α-hetero) is 1. The lowest BCUT2D eigenvalue weighted by Gasteiger charge is -2.26. The van der Waals surface area contributed by atoms with Crippen molar-refractivity contribution in [3.05, 3.63) is 47.7 Å². The first-order valence-corrected chi connectivity index (χ1v) is 16.6. The van der Waals surface area contributed by atoms with Gasteiger partial charge in [-0.25, -0.2) is 14.2 Å². The van der Waals surface area contributed by atoms with Crippen LogP contribution in [0.1, 0.15) is 55.5 Å². The zero-order valence-corrected chi connectivity index (χ0v) is 25.8. The third-order valence-electron chi connectivity index (χ3n) is 8.22. The SMILES string of the molecule is C=S(C)(=O)N(C)c1cc(-c2cn(C)nc2C)ccc1Nc1cc(CC(=O)C2CC2)nc2c1nc(C)n2C1CCCCO1. The molecule has 3 aromatic heterocycles. The average Bonchev–Trinajstić information content (AvgIpc) is 3.67. The highest BCUT2D eigenvalue weighted by atomic mass is 32.2. The Labute approximate surface area is 247 Å². The summed E-state index contributed by atoms with van der Waals surface area (Å²) in [5, 5.41) is 8.08. The van der Waals surface area contributed by atoms with Crippen molar-refractivity contribution in [2.24, 2.45) is 13.0 Å². The summed E-state index contributed by atoms with van der Waals surface area (Å²) in [7, 11) is 1.10. The molecule has 1 aromatic carbocycles. The lowest BCUT2D eigenvalue weighted by Crippen LogP contribution is -2.25. The molecule has 1 N–H and O–H groups in total. The summed E-state index contributed by atoms with van der Waals surface area (Å²) in [6, 6.07) is 7.95. The largest absolute Gasteiger partial charge is 0.358 e. The molecule has 6 rings (SSSR count). The molecule has 0 spiro atoms. The van der Waals surface area contributed by atoms with Gasteiger partial charge in [-0.15, -0.1) is 0 Å². The van der Waals surface area contributed by atoms with E-state index in [2.05, 4.69) is 20.9 Å². The van der Waals surface area contributed by atoms with Crippen molar-refractivity contribution < 1.29 is 13.7 Å². The molecule has 2 fully saturated rings. The number of aromatic nitrogens is 5. The number of fused-ring (bicyclic) bond motifs is 1. The summed E-state index contributed by atoms with van der Waals surface area (Å²) in [5.74, 6) is 5.12. The van der Waals surface area contributed by atoms with Gasteiger partial charge in [0.1, 0.15) is 23.4 Å². The minimum atomic E-state index is -2.58. The Balaban J connectivity index is 1.48. The molecule has 0 amide bonds. The van der Waals surface area contributed by atoms with Crippen LogP contribution in [0.25, 0.3) is 22.3 Å². The van der Waals surface area contributed by atoms with E-state index in [-0.39, 0.29) is 24.3 Å². The van der Waals surface area contributed by atoms with Gasteiger partial charge in [-0.2, -0.15) is 5.10 Å². The number of ether oxygens (including phenoxy) is 1. The first kappa shape index (κ1) is 28.4. The first-order valence-electron chi connectivity index (χ1n) is 14.5. The molecule has 10 nitrogen and oxygen atoms in total. The smallest absolute Gasteiger partial charge is 0.164 e. The van der Waals surface area contributed by atoms with E-state index in [9.17, 15) is 9.00 Å². The van der Waals surface area contributed by atoms with Crippen LogP contribution in [0.5, 0.6) is 0 Å². The number of pyridine rings is 1. The summed E-state index contributed by atoms with van der Waals surface area (Å²) >= 11 is 0. The highest BCUT2D eigenvalue weighted by molar-refractivity contribution is 8.00. The number of benzene rings is 1. The Kier molecular flexibility index (Phi) is 7.34. The maximum absolute atomic E-state index is 13.2. The van der Waals surface area contributed by atoms with E-state index in [1.165, 1.54) is 0 Å². The minimum Gasteiger partial charge on any atom is -0.358 e. The van der Waals surface area contributed by atoms with E-state index < -0.39 is 9.71 Å². The second-order valence-corrected chi connectivity index (χ2v) is 14.2. The summed E-state index contributed by atoms with van der Waals surface area (Å²) in [6.07, 6.45) is 8.67. The molecule has 1 saturated heterocycles. The summed E-state index contributed by atoms with van der Waals surface area (Å²) < 4.78 is 24.9. The number of hydrogen-bond acceptors (Lipinski definition) is 7. The zero-order valence-electron chi connectivity index (χ0n) is 25.0. The van der Waals surface area contributed by atoms with Crippen LogP contribution in [0.2, 0.25) is 0 Å². The van der Waals surface area contributed by atoms with Crippen LogP contribution in [0.4, 0.5) is 17.1 Å². The number of aryl methyl sites for hydroxylation is 3. The predicted octanol–water partition coefficient (Wildman–Crippen LogP) is 5.11. The molecule has 2 atom stereocenters. The predicted molar refractivity (Wildman–Crippen MR) is 169 cm³/mol. The summed E-state index contributed by atoms with van der Waals surface area (Å²) in [5.41, 5.74) is 7.19. The molecule has 4 heterocycles. The van der Waals surface area contributed by atoms with Crippen molar-refractivity contribution in [1.82, 2.24) is 24.3 Å². The number of nitrogens with one attached hydrogen (secondary N) is 1. The van der Waals surface area contributed by atoms with Gasteiger partial charge in [-0.05, 0) is 75.6 Å². The van der Waals surface area contributed by atoms with Gasteiger partial charge in [-0.1, -0.05) is 6.07 Å². The van der Waals surface area contributed by atoms with Gasteiger partial charge < -0.3 is 14.4 Å². The Bertz CT molecular complexity index is 1780. The van der Waals surface area contributed by atoms with Gasteiger partial charge in [0.05, 0.1) is 28.5 Å². The van der Waals surface area contributed by atoms with Crippen LogP contribution in [0.15, 0.2) is 30.5 Å². The van der Waals surface area contributed by atoms with Crippen LogP contribution < -0.4 is 9.62 Å². The molecule has 11 heteroatoms. The zero-order chi connectivity index (χ0) is 29.8. The molecule has 4 aromatic rings. The van der Waals surface area contributed by atoms with Gasteiger partial charge >= 0.3 is 0 Å². The molecule has 0 radical (unpaired) electrons. The second kappa shape index (κ2) is 10.9. The maximum atomic E-state index is 13.2. The number of ketones is 1. The molecule has 2 aliphatic rings. The van der Waals surface area contributed by atoms with Crippen LogP contribution in [-0.4, -0.2) is 60.1 Å². The number of rotatable bonds is 9. The standard InChI is InChI=1S/C31H39N7O3S/c1-19-24(18-36(3)35-19)22-12-13-25(27(15-22)37(4)42(5,6)40)34-26-16-23(17-28(39)21-10-11-21)33-31-30(26)32-20(2)38(31)29-9-7-8-14-41-29/h12-13,15-16,18,21,29H,5,7-11,14,17H2,1-4,6H3,(H,33,34). The molecule has 0 bridgehead atoms.